The first-order valence-electron chi connectivity index (χ1n) is 8.39. The molecule has 2 amide bonds. The lowest BCUT2D eigenvalue weighted by Crippen LogP contribution is -2.28. The van der Waals surface area contributed by atoms with Gasteiger partial charge in [-0.05, 0) is 43.2 Å². The van der Waals surface area contributed by atoms with Gasteiger partial charge < -0.3 is 10.1 Å². The molecular formula is C20H22N2O3S. The Balaban J connectivity index is 1.90. The van der Waals surface area contributed by atoms with Crippen LogP contribution in [-0.4, -0.2) is 31.3 Å². The summed E-state index contributed by atoms with van der Waals surface area (Å²) in [6, 6.07) is 13.7. The van der Waals surface area contributed by atoms with Crippen LogP contribution in [0.15, 0.2) is 42.5 Å². The molecular weight excluding hydrogens is 348 g/mol. The molecule has 0 bridgehead atoms. The van der Waals surface area contributed by atoms with Crippen LogP contribution < -0.4 is 10.2 Å². The quantitative estimate of drug-likeness (QED) is 0.872. The van der Waals surface area contributed by atoms with Crippen LogP contribution >= 0.6 is 11.8 Å². The lowest BCUT2D eigenvalue weighted by atomic mass is 10.1. The Hall–Kier alpha value is -2.31. The summed E-state index contributed by atoms with van der Waals surface area (Å²) >= 11 is 1.60. The lowest BCUT2D eigenvalue weighted by molar-refractivity contribution is -0.119. The highest BCUT2D eigenvalue weighted by molar-refractivity contribution is 8.00. The predicted molar refractivity (Wildman–Crippen MR) is 106 cm³/mol. The molecule has 6 heteroatoms. The number of ether oxygens (including phenoxy) is 1. The highest BCUT2D eigenvalue weighted by Gasteiger charge is 2.34. The van der Waals surface area contributed by atoms with E-state index in [1.165, 1.54) is 12.7 Å². The van der Waals surface area contributed by atoms with E-state index in [0.717, 1.165) is 16.8 Å². The van der Waals surface area contributed by atoms with E-state index in [4.69, 9.17) is 4.74 Å². The Kier molecular flexibility index (Phi) is 5.64. The molecule has 0 aromatic heterocycles. The van der Waals surface area contributed by atoms with Gasteiger partial charge in [0.05, 0.1) is 5.75 Å². The Labute approximate surface area is 157 Å². The number of benzene rings is 2. The average Bonchev–Trinajstić information content (AvgIpc) is 2.97. The summed E-state index contributed by atoms with van der Waals surface area (Å²) in [6.07, 6.45) is 0. The predicted octanol–water partition coefficient (Wildman–Crippen LogP) is 3.67. The molecule has 1 aliphatic heterocycles. The summed E-state index contributed by atoms with van der Waals surface area (Å²) < 4.78 is 4.85. The van der Waals surface area contributed by atoms with Crippen molar-refractivity contribution >= 4 is 35.0 Å². The zero-order chi connectivity index (χ0) is 18.7. The van der Waals surface area contributed by atoms with E-state index >= 15 is 0 Å². The number of anilines is 2. The van der Waals surface area contributed by atoms with Crippen molar-refractivity contribution in [2.75, 3.05) is 29.7 Å². The Morgan fingerprint density at radius 2 is 2.08 bits per heavy atom. The first-order valence-corrected chi connectivity index (χ1v) is 9.44. The number of nitrogens with zero attached hydrogens (tertiary/aromatic N) is 1. The van der Waals surface area contributed by atoms with Crippen LogP contribution in [0.1, 0.15) is 22.1 Å². The van der Waals surface area contributed by atoms with Gasteiger partial charge in [-0.1, -0.05) is 29.8 Å². The highest BCUT2D eigenvalue weighted by atomic mass is 32.2. The molecule has 1 aliphatic rings. The molecule has 26 heavy (non-hydrogen) atoms. The molecule has 1 saturated heterocycles. The summed E-state index contributed by atoms with van der Waals surface area (Å²) in [6.45, 7) is 4.08. The van der Waals surface area contributed by atoms with Gasteiger partial charge in [-0.25, -0.2) is 0 Å². The molecule has 1 heterocycles. The van der Waals surface area contributed by atoms with Gasteiger partial charge in [0.2, 0.25) is 11.8 Å². The van der Waals surface area contributed by atoms with Crippen LogP contribution in [0.3, 0.4) is 0 Å². The van der Waals surface area contributed by atoms with Crippen molar-refractivity contribution in [2.45, 2.75) is 19.2 Å². The molecule has 1 N–H and O–H groups in total. The van der Waals surface area contributed by atoms with E-state index in [1.807, 2.05) is 55.1 Å². The van der Waals surface area contributed by atoms with E-state index in [-0.39, 0.29) is 23.8 Å². The van der Waals surface area contributed by atoms with Crippen molar-refractivity contribution < 1.29 is 14.3 Å². The number of hydrogen-bond acceptors (Lipinski definition) is 4. The van der Waals surface area contributed by atoms with Crippen molar-refractivity contribution in [2.24, 2.45) is 0 Å². The number of hydrogen-bond donors (Lipinski definition) is 1. The smallest absolute Gasteiger partial charge is 0.250 e. The van der Waals surface area contributed by atoms with Gasteiger partial charge in [0.1, 0.15) is 12.0 Å². The lowest BCUT2D eigenvalue weighted by Gasteiger charge is -2.26. The average molecular weight is 370 g/mol. The minimum Gasteiger partial charge on any atom is -0.375 e. The zero-order valence-corrected chi connectivity index (χ0v) is 15.9. The first-order chi connectivity index (χ1) is 12.5. The molecule has 2 aromatic rings. The number of methoxy groups -OCH3 is 1. The van der Waals surface area contributed by atoms with Gasteiger partial charge in [-0.15, -0.1) is 11.8 Å². The monoisotopic (exact) mass is 370 g/mol. The van der Waals surface area contributed by atoms with E-state index in [9.17, 15) is 9.59 Å². The van der Waals surface area contributed by atoms with Crippen LogP contribution in [-0.2, 0) is 14.3 Å². The van der Waals surface area contributed by atoms with E-state index < -0.39 is 0 Å². The molecule has 5 nitrogen and oxygen atoms in total. The minimum absolute atomic E-state index is 0.00950. The van der Waals surface area contributed by atoms with Crippen molar-refractivity contribution in [3.05, 3.63) is 59.2 Å². The van der Waals surface area contributed by atoms with Crippen molar-refractivity contribution in [1.82, 2.24) is 0 Å². The normalized spacial score (nSPS) is 16.8. The summed E-state index contributed by atoms with van der Waals surface area (Å²) in [4.78, 5) is 26.2. The maximum atomic E-state index is 12.6. The van der Waals surface area contributed by atoms with E-state index in [0.29, 0.717) is 11.4 Å². The number of thioether (sulfide) groups is 1. The van der Waals surface area contributed by atoms with Gasteiger partial charge in [0, 0.05) is 18.5 Å². The van der Waals surface area contributed by atoms with Crippen molar-refractivity contribution in [1.29, 1.82) is 0 Å². The third-order valence-electron chi connectivity index (χ3n) is 4.21. The standard InChI is InChI=1S/C20H22N2O3S/c1-13-7-8-17(14(2)9-13)22-19(24)12-26-20(22)15-5-4-6-16(10-15)21-18(23)11-25-3/h4-10,20H,11-12H2,1-3H3,(H,21,23)/t20-/m1/s1. The van der Waals surface area contributed by atoms with Crippen molar-refractivity contribution in [3.8, 4) is 0 Å². The third kappa shape index (κ3) is 3.92. The van der Waals surface area contributed by atoms with Crippen LogP contribution in [0.5, 0.6) is 0 Å². The fourth-order valence-electron chi connectivity index (χ4n) is 3.10. The third-order valence-corrected chi connectivity index (χ3v) is 5.42. The summed E-state index contributed by atoms with van der Waals surface area (Å²) in [5, 5.41) is 2.71. The second-order valence-corrected chi connectivity index (χ2v) is 7.39. The summed E-state index contributed by atoms with van der Waals surface area (Å²) in [7, 11) is 1.48. The Morgan fingerprint density at radius 1 is 1.27 bits per heavy atom. The number of carbonyl (C=O) groups is 2. The van der Waals surface area contributed by atoms with Gasteiger partial charge >= 0.3 is 0 Å². The topological polar surface area (TPSA) is 58.6 Å². The summed E-state index contributed by atoms with van der Waals surface area (Å²) in [5.41, 5.74) is 4.87. The number of rotatable bonds is 5. The number of aryl methyl sites for hydroxylation is 2. The molecule has 1 atom stereocenters. The fourth-order valence-corrected chi connectivity index (χ4v) is 4.26. The highest BCUT2D eigenvalue weighted by Crippen LogP contribution is 2.43. The molecule has 136 valence electrons. The van der Waals surface area contributed by atoms with Crippen molar-refractivity contribution in [3.63, 3.8) is 0 Å². The molecule has 0 unspecified atom stereocenters. The molecule has 0 radical (unpaired) electrons. The van der Waals surface area contributed by atoms with Gasteiger partial charge in [-0.3, -0.25) is 14.5 Å². The fraction of sp³-hybridized carbons (Fsp3) is 0.300. The number of amides is 2. The van der Waals surface area contributed by atoms with Crippen LogP contribution in [0.2, 0.25) is 0 Å². The SMILES string of the molecule is COCC(=O)Nc1cccc([C@H]2SCC(=O)N2c2ccc(C)cc2C)c1. The molecule has 1 fully saturated rings. The van der Waals surface area contributed by atoms with Crippen LogP contribution in [0.4, 0.5) is 11.4 Å². The van der Waals surface area contributed by atoms with Crippen LogP contribution in [0, 0.1) is 13.8 Å². The largest absolute Gasteiger partial charge is 0.375 e. The van der Waals surface area contributed by atoms with Crippen LogP contribution in [0.25, 0.3) is 0 Å². The number of nitrogens with one attached hydrogen (secondary N) is 1. The molecule has 2 aromatic carbocycles. The zero-order valence-electron chi connectivity index (χ0n) is 15.1. The maximum absolute atomic E-state index is 12.6. The molecule has 0 saturated carbocycles. The molecule has 3 rings (SSSR count). The van der Waals surface area contributed by atoms with Gasteiger partial charge in [0.15, 0.2) is 0 Å². The maximum Gasteiger partial charge on any atom is 0.250 e. The Morgan fingerprint density at radius 3 is 2.81 bits per heavy atom. The van der Waals surface area contributed by atoms with Gasteiger partial charge in [0.25, 0.3) is 0 Å². The van der Waals surface area contributed by atoms with E-state index in [1.54, 1.807) is 11.8 Å². The second-order valence-electron chi connectivity index (χ2n) is 6.32. The Bertz CT molecular complexity index is 838. The molecule has 0 aliphatic carbocycles. The summed E-state index contributed by atoms with van der Waals surface area (Å²) in [5.74, 6) is 0.338. The van der Waals surface area contributed by atoms with Gasteiger partial charge in [-0.2, -0.15) is 0 Å². The minimum atomic E-state index is -0.203. The van der Waals surface area contributed by atoms with E-state index in [2.05, 4.69) is 11.4 Å². The first kappa shape index (κ1) is 18.5. The molecule has 0 spiro atoms. The number of carbonyl (C=O) groups excluding carboxylic acids is 2. The second kappa shape index (κ2) is 7.93.